The summed E-state index contributed by atoms with van der Waals surface area (Å²) in [5, 5.41) is 3.82. The number of hydrogen-bond acceptors (Lipinski definition) is 4. The van der Waals surface area contributed by atoms with Crippen LogP contribution in [0.15, 0.2) is 121 Å². The van der Waals surface area contributed by atoms with E-state index in [1.165, 1.54) is 0 Å². The van der Waals surface area contributed by atoms with Crippen molar-refractivity contribution in [3.63, 3.8) is 0 Å². The Morgan fingerprint density at radius 1 is 0.579 bits per heavy atom. The van der Waals surface area contributed by atoms with Crippen LogP contribution in [0, 0.1) is 0 Å². The molecule has 0 atom stereocenters. The lowest BCUT2D eigenvalue weighted by Gasteiger charge is -2.11. The number of rotatable bonds is 3. The summed E-state index contributed by atoms with van der Waals surface area (Å²) in [6, 6.07) is 13.9. The molecular weight excluding hydrogens is 484 g/mol. The average Bonchev–Trinajstić information content (AvgIpc) is 3.64. The smallest absolute Gasteiger partial charge is 0.238 e. The van der Waals surface area contributed by atoms with Crippen LogP contribution in [-0.2, 0) is 0 Å². The topological polar surface area (TPSA) is 43.6 Å². The van der Waals surface area contributed by atoms with Crippen molar-refractivity contribution >= 4 is 53.3 Å². The molecule has 0 unspecified atom stereocenters. The predicted octanol–water partition coefficient (Wildman–Crippen LogP) is 8.67. The van der Waals surface area contributed by atoms with Crippen molar-refractivity contribution in [3.8, 4) is 28.7 Å². The fourth-order valence-corrected chi connectivity index (χ4v) is 6.09. The molecule has 0 bridgehead atoms. The average molecular weight is 515 g/mol. The van der Waals surface area contributed by atoms with Gasteiger partial charge < -0.3 is 0 Å². The molecule has 3 aromatic heterocycles. The molecule has 0 spiro atoms. The molecular formula is C33H20N4S. The molecule has 0 radical (unpaired) electrons. The Hall–Kier alpha value is -4.87. The van der Waals surface area contributed by atoms with Gasteiger partial charge >= 0.3 is 0 Å². The number of thiophene rings is 1. The normalized spacial score (nSPS) is 15.4. The van der Waals surface area contributed by atoms with Crippen LogP contribution < -0.4 is 0 Å². The van der Waals surface area contributed by atoms with Crippen molar-refractivity contribution in [1.29, 1.82) is 0 Å². The van der Waals surface area contributed by atoms with E-state index in [4.69, 9.17) is 23.7 Å². The summed E-state index contributed by atoms with van der Waals surface area (Å²) in [4.78, 5) is 13.9. The monoisotopic (exact) mass is 514 g/mol. The number of aromatic nitrogens is 4. The van der Waals surface area contributed by atoms with Gasteiger partial charge in [-0.1, -0.05) is 109 Å². The van der Waals surface area contributed by atoms with Gasteiger partial charge in [0.2, 0.25) is 5.95 Å². The first kappa shape index (κ1) is 13.6. The predicted molar refractivity (Wildman–Crippen MR) is 158 cm³/mol. The maximum absolute atomic E-state index is 8.67. The first-order valence-corrected chi connectivity index (χ1v) is 12.6. The van der Waals surface area contributed by atoms with Crippen molar-refractivity contribution in [2.75, 3.05) is 0 Å². The Bertz CT molecular complexity index is 2560. The summed E-state index contributed by atoms with van der Waals surface area (Å²) in [5.41, 5.74) is 0.819. The van der Waals surface area contributed by atoms with Crippen LogP contribution in [0.4, 0.5) is 0 Å². The van der Waals surface area contributed by atoms with E-state index < -0.39 is 60.4 Å². The van der Waals surface area contributed by atoms with Gasteiger partial charge in [0, 0.05) is 37.4 Å². The Labute approximate surface area is 236 Å². The van der Waals surface area contributed by atoms with E-state index in [1.54, 1.807) is 15.9 Å². The summed E-state index contributed by atoms with van der Waals surface area (Å²) in [6.45, 7) is 0. The van der Waals surface area contributed by atoms with Crippen LogP contribution in [0.3, 0.4) is 0 Å². The highest BCUT2D eigenvalue weighted by molar-refractivity contribution is 7.26. The first-order valence-electron chi connectivity index (χ1n) is 16.7. The molecule has 0 fully saturated rings. The van der Waals surface area contributed by atoms with Crippen LogP contribution in [0.2, 0.25) is 0 Å². The van der Waals surface area contributed by atoms with Crippen molar-refractivity contribution in [2.45, 2.75) is 0 Å². The molecule has 3 heterocycles. The lowest BCUT2D eigenvalue weighted by molar-refractivity contribution is 0.955. The van der Waals surface area contributed by atoms with Gasteiger partial charge in [0.1, 0.15) is 0 Å². The third kappa shape index (κ3) is 3.19. The lowest BCUT2D eigenvalue weighted by atomic mass is 10.1. The van der Waals surface area contributed by atoms with Crippen LogP contribution >= 0.6 is 11.3 Å². The van der Waals surface area contributed by atoms with Gasteiger partial charge in [-0.2, -0.15) is 9.97 Å². The fraction of sp³-hybridized carbons (Fsp3) is 0. The molecule has 178 valence electrons. The molecule has 8 aromatic rings. The second-order valence-electron chi connectivity index (χ2n) is 8.57. The Balaban J connectivity index is 1.57. The van der Waals surface area contributed by atoms with Crippen LogP contribution in [-0.4, -0.2) is 19.5 Å². The molecule has 0 aliphatic rings. The van der Waals surface area contributed by atoms with E-state index in [9.17, 15) is 0 Å². The second-order valence-corrected chi connectivity index (χ2v) is 9.62. The molecule has 0 N–H and O–H groups in total. The van der Waals surface area contributed by atoms with Gasteiger partial charge in [-0.25, -0.2) is 4.98 Å². The number of para-hydroxylation sites is 1. The molecule has 5 aromatic carbocycles. The quantitative estimate of drug-likeness (QED) is 0.237. The van der Waals surface area contributed by atoms with Crippen LogP contribution in [0.25, 0.3) is 70.7 Å². The first-order chi connectivity index (χ1) is 23.0. The van der Waals surface area contributed by atoms with Crippen LogP contribution in [0.5, 0.6) is 0 Å². The summed E-state index contributed by atoms with van der Waals surface area (Å²) in [5.74, 6) is -0.647. The van der Waals surface area contributed by atoms with Crippen molar-refractivity contribution in [2.24, 2.45) is 0 Å². The molecule has 0 saturated carbocycles. The maximum atomic E-state index is 8.67. The SMILES string of the molecule is [2H]c1c([2H])c([2H])c(-c2nc(-c3c([2H])c([2H])c([2H])c([2H])c3[2H])nc(-n3c4ccccc4c4ccc5c6ccccc6sc5c43)n2)c([2H])c1[2H]. The van der Waals surface area contributed by atoms with Gasteiger partial charge in [0.05, 0.1) is 29.4 Å². The molecule has 0 amide bonds. The number of fused-ring (bicyclic) bond motifs is 7. The number of hydrogen-bond donors (Lipinski definition) is 0. The standard InChI is InChI=1S/C33H20N4S/c1-3-11-21(12-4-1)31-34-32(22-13-5-2-6-14-22)36-33(35-31)37-27-17-9-7-15-23(27)25-19-20-26-24-16-8-10-18-28(24)38-30(26)29(25)37/h1-20H/i1D,2D,3D,4D,5D,6D,11D,12D,13D,14D. The zero-order valence-electron chi connectivity index (χ0n) is 29.5. The molecule has 5 heteroatoms. The Morgan fingerprint density at radius 3 is 1.89 bits per heavy atom. The van der Waals surface area contributed by atoms with Crippen molar-refractivity contribution in [1.82, 2.24) is 19.5 Å². The summed E-state index contributed by atoms with van der Waals surface area (Å²) in [6.07, 6.45) is 0. The minimum absolute atomic E-state index is 0.0234. The number of benzene rings is 5. The Morgan fingerprint density at radius 2 is 1.18 bits per heavy atom. The van der Waals surface area contributed by atoms with E-state index in [1.807, 2.05) is 54.6 Å². The zero-order valence-corrected chi connectivity index (χ0v) is 20.3. The zero-order chi connectivity index (χ0) is 33.8. The van der Waals surface area contributed by atoms with E-state index in [0.29, 0.717) is 5.52 Å². The van der Waals surface area contributed by atoms with E-state index in [2.05, 4.69) is 11.1 Å². The van der Waals surface area contributed by atoms with E-state index in [-0.39, 0.29) is 28.7 Å². The van der Waals surface area contributed by atoms with E-state index >= 15 is 0 Å². The fourth-order valence-electron chi connectivity index (χ4n) is 4.85. The highest BCUT2D eigenvalue weighted by Gasteiger charge is 2.20. The summed E-state index contributed by atoms with van der Waals surface area (Å²) >= 11 is 1.58. The molecule has 8 rings (SSSR count). The largest absolute Gasteiger partial charge is 0.276 e. The van der Waals surface area contributed by atoms with Gasteiger partial charge in [-0.05, 0) is 12.1 Å². The molecule has 38 heavy (non-hydrogen) atoms. The maximum Gasteiger partial charge on any atom is 0.238 e. The van der Waals surface area contributed by atoms with Crippen molar-refractivity contribution < 1.29 is 13.7 Å². The second kappa shape index (κ2) is 8.33. The summed E-state index contributed by atoms with van der Waals surface area (Å²) in [7, 11) is 0. The summed E-state index contributed by atoms with van der Waals surface area (Å²) < 4.78 is 87.8. The molecule has 0 aliphatic carbocycles. The van der Waals surface area contributed by atoms with Gasteiger partial charge in [0.15, 0.2) is 11.6 Å². The van der Waals surface area contributed by atoms with Gasteiger partial charge in [-0.3, -0.25) is 4.57 Å². The third-order valence-electron chi connectivity index (χ3n) is 6.45. The third-order valence-corrected chi connectivity index (χ3v) is 7.64. The minimum Gasteiger partial charge on any atom is -0.276 e. The highest BCUT2D eigenvalue weighted by atomic mass is 32.1. The lowest BCUT2D eigenvalue weighted by Crippen LogP contribution is -2.06. The van der Waals surface area contributed by atoms with Crippen LogP contribution in [0.1, 0.15) is 13.7 Å². The minimum atomic E-state index is -0.596. The molecule has 4 nitrogen and oxygen atoms in total. The van der Waals surface area contributed by atoms with E-state index in [0.717, 1.165) is 36.5 Å². The molecule has 0 saturated heterocycles. The van der Waals surface area contributed by atoms with Gasteiger partial charge in [-0.15, -0.1) is 11.3 Å². The Kier molecular flexibility index (Phi) is 2.98. The molecule has 0 aliphatic heterocycles. The van der Waals surface area contributed by atoms with Gasteiger partial charge in [0.25, 0.3) is 0 Å². The highest BCUT2D eigenvalue weighted by Crippen LogP contribution is 2.42. The van der Waals surface area contributed by atoms with Crippen molar-refractivity contribution in [3.05, 3.63) is 121 Å². The number of nitrogens with zero attached hydrogens (tertiary/aromatic N) is 4.